The third-order valence-corrected chi connectivity index (χ3v) is 4.98. The van der Waals surface area contributed by atoms with E-state index >= 15 is 0 Å². The predicted octanol–water partition coefficient (Wildman–Crippen LogP) is 1.31. The van der Waals surface area contributed by atoms with Gasteiger partial charge in [0.2, 0.25) is 5.91 Å². The van der Waals surface area contributed by atoms with Gasteiger partial charge in [-0.2, -0.15) is 12.7 Å². The molecule has 0 saturated heterocycles. The molecule has 0 heterocycles. The van der Waals surface area contributed by atoms with Crippen LogP contribution in [0, 0.1) is 6.92 Å². The molecule has 1 rings (SSSR count). The summed E-state index contributed by atoms with van der Waals surface area (Å²) in [6, 6.07) is 5.90. The number of carbonyl (C=O) groups is 1. The lowest BCUT2D eigenvalue weighted by molar-refractivity contribution is -0.116. The fraction of sp³-hybridized carbons (Fsp3) is 0.533. The third-order valence-electron chi connectivity index (χ3n) is 3.45. The molecule has 1 aromatic carbocycles. The van der Waals surface area contributed by atoms with Gasteiger partial charge in [0.1, 0.15) is 0 Å². The number of nitrogens with one attached hydrogen (secondary N) is 1. The molecule has 0 unspecified atom stereocenters. The Bertz CT molecular complexity index is 627. The maximum atomic E-state index is 12.0. The Labute approximate surface area is 133 Å². The Hall–Kier alpha value is -1.44. The van der Waals surface area contributed by atoms with Gasteiger partial charge in [-0.3, -0.25) is 4.79 Å². The predicted molar refractivity (Wildman–Crippen MR) is 89.2 cm³/mol. The van der Waals surface area contributed by atoms with E-state index in [1.807, 2.05) is 32.0 Å². The summed E-state index contributed by atoms with van der Waals surface area (Å²) in [5.41, 5.74) is 2.96. The minimum atomic E-state index is -3.48. The summed E-state index contributed by atoms with van der Waals surface area (Å²) >= 11 is 0. The van der Waals surface area contributed by atoms with Crippen LogP contribution in [0.1, 0.15) is 25.0 Å². The molecule has 6 nitrogen and oxygen atoms in total. The van der Waals surface area contributed by atoms with Gasteiger partial charge >= 0.3 is 0 Å². The summed E-state index contributed by atoms with van der Waals surface area (Å²) in [7, 11) is -0.562. The highest BCUT2D eigenvalue weighted by atomic mass is 32.2. The number of anilines is 1. The molecule has 0 aliphatic carbocycles. The second-order valence-electron chi connectivity index (χ2n) is 5.29. The van der Waals surface area contributed by atoms with E-state index < -0.39 is 10.2 Å². The number of aryl methyl sites for hydroxylation is 2. The molecule has 0 radical (unpaired) electrons. The van der Waals surface area contributed by atoms with Crippen molar-refractivity contribution in [2.45, 2.75) is 27.2 Å². The van der Waals surface area contributed by atoms with Crippen LogP contribution in [-0.2, 0) is 21.4 Å². The second kappa shape index (κ2) is 7.71. The molecule has 0 bridgehead atoms. The molecule has 0 aliphatic heterocycles. The van der Waals surface area contributed by atoms with Crippen molar-refractivity contribution in [1.29, 1.82) is 0 Å². The van der Waals surface area contributed by atoms with E-state index in [2.05, 4.69) is 4.72 Å². The standard InChI is InChI=1S/C15H25N3O3S/c1-6-14-9-7-8-12(2)15(14)18(13(3)19)11-10-16-22(20,21)17(4)5/h7-9,16H,6,10-11H2,1-5H3. The van der Waals surface area contributed by atoms with Crippen molar-refractivity contribution in [2.24, 2.45) is 0 Å². The summed E-state index contributed by atoms with van der Waals surface area (Å²) in [4.78, 5) is 13.6. The fourth-order valence-electron chi connectivity index (χ4n) is 2.23. The number of benzene rings is 1. The first kappa shape index (κ1) is 18.6. The van der Waals surface area contributed by atoms with E-state index in [0.29, 0.717) is 6.54 Å². The van der Waals surface area contributed by atoms with E-state index in [9.17, 15) is 13.2 Å². The zero-order chi connectivity index (χ0) is 16.9. The van der Waals surface area contributed by atoms with E-state index in [1.54, 1.807) is 4.90 Å². The minimum absolute atomic E-state index is 0.104. The van der Waals surface area contributed by atoms with Crippen LogP contribution in [-0.4, -0.2) is 45.8 Å². The van der Waals surface area contributed by atoms with Gasteiger partial charge in [0.25, 0.3) is 10.2 Å². The molecule has 1 amide bonds. The van der Waals surface area contributed by atoms with Crippen molar-refractivity contribution in [3.8, 4) is 0 Å². The van der Waals surface area contributed by atoms with Crippen LogP contribution in [0.25, 0.3) is 0 Å². The van der Waals surface area contributed by atoms with Gasteiger partial charge in [0, 0.05) is 39.8 Å². The lowest BCUT2D eigenvalue weighted by atomic mass is 10.0. The molecule has 0 aromatic heterocycles. The molecule has 0 aliphatic rings. The van der Waals surface area contributed by atoms with Gasteiger partial charge in [-0.05, 0) is 24.5 Å². The van der Waals surface area contributed by atoms with Gasteiger partial charge in [-0.1, -0.05) is 25.1 Å². The third kappa shape index (κ3) is 4.53. The molecule has 22 heavy (non-hydrogen) atoms. The Kier molecular flexibility index (Phi) is 6.52. The van der Waals surface area contributed by atoms with E-state index in [1.165, 1.54) is 21.0 Å². The Morgan fingerprint density at radius 1 is 1.27 bits per heavy atom. The SMILES string of the molecule is CCc1cccc(C)c1N(CCNS(=O)(=O)N(C)C)C(C)=O. The number of hydrogen-bond donors (Lipinski definition) is 1. The second-order valence-corrected chi connectivity index (χ2v) is 7.26. The van der Waals surface area contributed by atoms with Gasteiger partial charge in [0.05, 0.1) is 0 Å². The quantitative estimate of drug-likeness (QED) is 0.821. The van der Waals surface area contributed by atoms with E-state index in [0.717, 1.165) is 27.5 Å². The van der Waals surface area contributed by atoms with Crippen molar-refractivity contribution < 1.29 is 13.2 Å². The van der Waals surface area contributed by atoms with Gasteiger partial charge in [0.15, 0.2) is 0 Å². The Morgan fingerprint density at radius 2 is 1.91 bits per heavy atom. The highest BCUT2D eigenvalue weighted by Crippen LogP contribution is 2.25. The van der Waals surface area contributed by atoms with Gasteiger partial charge < -0.3 is 4.90 Å². The summed E-state index contributed by atoms with van der Waals surface area (Å²) in [5.74, 6) is -0.104. The minimum Gasteiger partial charge on any atom is -0.311 e. The molecule has 0 saturated carbocycles. The normalized spacial score (nSPS) is 11.7. The van der Waals surface area contributed by atoms with Crippen molar-refractivity contribution in [3.05, 3.63) is 29.3 Å². The molecule has 7 heteroatoms. The monoisotopic (exact) mass is 327 g/mol. The first-order chi connectivity index (χ1) is 10.2. The lowest BCUT2D eigenvalue weighted by Gasteiger charge is -2.26. The number of amides is 1. The Balaban J connectivity index is 2.95. The van der Waals surface area contributed by atoms with E-state index in [4.69, 9.17) is 0 Å². The zero-order valence-corrected chi connectivity index (χ0v) is 14.7. The van der Waals surface area contributed by atoms with Crippen LogP contribution < -0.4 is 9.62 Å². The highest BCUT2D eigenvalue weighted by Gasteiger charge is 2.18. The zero-order valence-electron chi connectivity index (χ0n) is 13.9. The average Bonchev–Trinajstić information content (AvgIpc) is 2.43. The van der Waals surface area contributed by atoms with Crippen LogP contribution in [0.3, 0.4) is 0 Å². The van der Waals surface area contributed by atoms with Crippen molar-refractivity contribution in [3.63, 3.8) is 0 Å². The maximum Gasteiger partial charge on any atom is 0.278 e. The number of hydrogen-bond acceptors (Lipinski definition) is 3. The first-order valence-corrected chi connectivity index (χ1v) is 8.68. The molecule has 0 atom stereocenters. The summed E-state index contributed by atoms with van der Waals surface area (Å²) in [6.45, 7) is 5.93. The highest BCUT2D eigenvalue weighted by molar-refractivity contribution is 7.87. The molecule has 1 N–H and O–H groups in total. The lowest BCUT2D eigenvalue weighted by Crippen LogP contribution is -2.42. The number of nitrogens with zero attached hydrogens (tertiary/aromatic N) is 2. The largest absolute Gasteiger partial charge is 0.311 e. The van der Waals surface area contributed by atoms with Crippen molar-refractivity contribution in [1.82, 2.24) is 9.03 Å². The average molecular weight is 327 g/mol. The molecule has 1 aromatic rings. The summed E-state index contributed by atoms with van der Waals surface area (Å²) in [6.07, 6.45) is 0.810. The van der Waals surface area contributed by atoms with Crippen molar-refractivity contribution in [2.75, 3.05) is 32.1 Å². The van der Waals surface area contributed by atoms with Crippen LogP contribution in [0.2, 0.25) is 0 Å². The van der Waals surface area contributed by atoms with Gasteiger partial charge in [-0.25, -0.2) is 4.72 Å². The topological polar surface area (TPSA) is 69.7 Å². The molecular formula is C15H25N3O3S. The number of carbonyl (C=O) groups excluding carboxylic acids is 1. The summed E-state index contributed by atoms with van der Waals surface area (Å²) < 4.78 is 27.0. The smallest absolute Gasteiger partial charge is 0.278 e. The first-order valence-electron chi connectivity index (χ1n) is 7.24. The molecular weight excluding hydrogens is 302 g/mol. The van der Waals surface area contributed by atoms with Crippen LogP contribution in [0.4, 0.5) is 5.69 Å². The number of rotatable bonds is 7. The maximum absolute atomic E-state index is 12.0. The molecule has 0 fully saturated rings. The molecule has 0 spiro atoms. The van der Waals surface area contributed by atoms with Crippen LogP contribution in [0.15, 0.2) is 18.2 Å². The number of para-hydroxylation sites is 1. The van der Waals surface area contributed by atoms with Gasteiger partial charge in [-0.15, -0.1) is 0 Å². The molecule has 124 valence electrons. The van der Waals surface area contributed by atoms with Crippen LogP contribution in [0.5, 0.6) is 0 Å². The van der Waals surface area contributed by atoms with E-state index in [-0.39, 0.29) is 12.5 Å². The fourth-order valence-corrected chi connectivity index (χ4v) is 2.84. The van der Waals surface area contributed by atoms with Crippen LogP contribution >= 0.6 is 0 Å². The Morgan fingerprint density at radius 3 is 2.41 bits per heavy atom. The van der Waals surface area contributed by atoms with Crippen molar-refractivity contribution >= 4 is 21.8 Å². The summed E-state index contributed by atoms with van der Waals surface area (Å²) in [5, 5.41) is 0.